The molecule has 3 nitrogen and oxygen atoms in total. The van der Waals surface area contributed by atoms with E-state index in [2.05, 4.69) is 29.9 Å². The third-order valence-electron chi connectivity index (χ3n) is 4.76. The van der Waals surface area contributed by atoms with E-state index in [1.165, 1.54) is 0 Å². The van der Waals surface area contributed by atoms with Gasteiger partial charge in [0, 0.05) is 21.4 Å². The summed E-state index contributed by atoms with van der Waals surface area (Å²) in [6.45, 7) is 4.48. The molecule has 128 valence electrons. The molecule has 0 bridgehead atoms. The van der Waals surface area contributed by atoms with Crippen LogP contribution in [0.3, 0.4) is 0 Å². The van der Waals surface area contributed by atoms with E-state index in [-0.39, 0.29) is 11.4 Å². The monoisotopic (exact) mass is 392 g/mol. The van der Waals surface area contributed by atoms with Crippen molar-refractivity contribution in [1.82, 2.24) is 9.97 Å². The molecule has 0 saturated heterocycles. The van der Waals surface area contributed by atoms with Gasteiger partial charge in [-0.1, -0.05) is 67.4 Å². The highest BCUT2D eigenvalue weighted by Gasteiger charge is 2.42. The molecule has 0 spiro atoms. The first-order valence-electron chi connectivity index (χ1n) is 7.90. The summed E-state index contributed by atoms with van der Waals surface area (Å²) in [6.07, 6.45) is -0.231. The predicted octanol–water partition coefficient (Wildman–Crippen LogP) is 6.14. The van der Waals surface area contributed by atoms with Crippen LogP contribution in [-0.4, -0.2) is 9.97 Å². The number of nitrogens with zero attached hydrogens (tertiary/aromatic N) is 2. The molecule has 2 aromatic carbocycles. The quantitative estimate of drug-likeness (QED) is 0.368. The molecule has 0 amide bonds. The van der Waals surface area contributed by atoms with Crippen LogP contribution < -0.4 is 0 Å². The minimum atomic E-state index is -0.447. The number of hydrogen-bond donors (Lipinski definition) is 0. The highest BCUT2D eigenvalue weighted by atomic mass is 35.5. The highest BCUT2D eigenvalue weighted by molar-refractivity contribution is 6.35. The molecule has 0 radical (unpaired) electrons. The Balaban J connectivity index is 1.94. The Hall–Kier alpha value is -1.39. The van der Waals surface area contributed by atoms with Crippen LogP contribution in [0.15, 0.2) is 36.4 Å². The van der Waals surface area contributed by atoms with Gasteiger partial charge in [-0.15, -0.1) is 0 Å². The molecule has 1 aliphatic heterocycles. The van der Waals surface area contributed by atoms with Gasteiger partial charge in [0.2, 0.25) is 5.28 Å². The van der Waals surface area contributed by atoms with Crippen molar-refractivity contribution >= 4 is 45.6 Å². The van der Waals surface area contributed by atoms with Gasteiger partial charge in [0.15, 0.2) is 0 Å². The fraction of sp³-hybridized carbons (Fsp3) is 0.263. The molecule has 0 saturated carbocycles. The van der Waals surface area contributed by atoms with Gasteiger partial charge in [-0.3, -0.25) is 0 Å². The van der Waals surface area contributed by atoms with E-state index in [4.69, 9.17) is 39.5 Å². The molecule has 25 heavy (non-hydrogen) atoms. The fourth-order valence-corrected chi connectivity index (χ4v) is 4.34. The van der Waals surface area contributed by atoms with Crippen LogP contribution in [0.4, 0.5) is 0 Å². The van der Waals surface area contributed by atoms with Gasteiger partial charge in [-0.05, 0) is 28.6 Å². The summed E-state index contributed by atoms with van der Waals surface area (Å²) < 4.78 is 6.22. The van der Waals surface area contributed by atoms with Gasteiger partial charge < -0.3 is 4.74 Å². The van der Waals surface area contributed by atoms with Crippen LogP contribution in [0.5, 0.6) is 0 Å². The van der Waals surface area contributed by atoms with E-state index >= 15 is 0 Å². The van der Waals surface area contributed by atoms with Crippen molar-refractivity contribution < 1.29 is 4.74 Å². The third kappa shape index (κ3) is 2.70. The molecule has 1 unspecified atom stereocenters. The molecule has 0 fully saturated rings. The van der Waals surface area contributed by atoms with Gasteiger partial charge in [0.25, 0.3) is 0 Å². The van der Waals surface area contributed by atoms with Crippen molar-refractivity contribution in [3.63, 3.8) is 0 Å². The number of fused-ring (bicyclic) bond motifs is 2. The lowest BCUT2D eigenvalue weighted by Crippen LogP contribution is -2.36. The zero-order valence-electron chi connectivity index (χ0n) is 13.7. The van der Waals surface area contributed by atoms with E-state index in [0.717, 1.165) is 27.6 Å². The van der Waals surface area contributed by atoms with Crippen molar-refractivity contribution in [3.8, 4) is 0 Å². The Kier molecular flexibility index (Phi) is 4.16. The first-order valence-corrected chi connectivity index (χ1v) is 9.04. The Labute approximate surface area is 160 Å². The lowest BCUT2D eigenvalue weighted by atomic mass is 9.75. The lowest BCUT2D eigenvalue weighted by Gasteiger charge is -2.40. The van der Waals surface area contributed by atoms with Crippen molar-refractivity contribution in [2.75, 3.05) is 0 Å². The summed E-state index contributed by atoms with van der Waals surface area (Å²) in [4.78, 5) is 8.50. The molecule has 3 aromatic rings. The van der Waals surface area contributed by atoms with Crippen LogP contribution in [0.1, 0.15) is 36.8 Å². The molecule has 1 atom stereocenters. The van der Waals surface area contributed by atoms with Gasteiger partial charge >= 0.3 is 0 Å². The smallest absolute Gasteiger partial charge is 0.224 e. The minimum Gasteiger partial charge on any atom is -0.368 e. The molecule has 1 aromatic heterocycles. The van der Waals surface area contributed by atoms with Crippen LogP contribution >= 0.6 is 34.8 Å². The van der Waals surface area contributed by atoms with Gasteiger partial charge in [0.05, 0.1) is 18.4 Å². The second kappa shape index (κ2) is 6.10. The first kappa shape index (κ1) is 17.0. The Morgan fingerprint density at radius 3 is 2.52 bits per heavy atom. The normalized spacial score (nSPS) is 19.0. The van der Waals surface area contributed by atoms with Crippen LogP contribution in [0.2, 0.25) is 15.5 Å². The number of halogens is 3. The number of benzene rings is 2. The molecular weight excluding hydrogens is 379 g/mol. The maximum Gasteiger partial charge on any atom is 0.224 e. The third-order valence-corrected chi connectivity index (χ3v) is 5.55. The summed E-state index contributed by atoms with van der Waals surface area (Å²) in [5, 5.41) is 3.27. The Morgan fingerprint density at radius 1 is 1.04 bits per heavy atom. The maximum atomic E-state index is 6.50. The SMILES string of the molecule is CC1(C)c2nc(Cl)nc(Cl)c2COC1c1cccc2cccc(Cl)c12. The summed E-state index contributed by atoms with van der Waals surface area (Å²) in [6, 6.07) is 12.0. The van der Waals surface area contributed by atoms with Crippen molar-refractivity contribution in [2.45, 2.75) is 32.0 Å². The largest absolute Gasteiger partial charge is 0.368 e. The maximum absolute atomic E-state index is 6.50. The van der Waals surface area contributed by atoms with E-state index < -0.39 is 5.41 Å². The highest BCUT2D eigenvalue weighted by Crippen LogP contribution is 2.48. The standard InChI is InChI=1S/C19H15Cl3N2O/c1-19(2)15-12(17(21)24-18(22)23-15)9-25-16(19)11-7-3-5-10-6-4-8-13(20)14(10)11/h3-8,16H,9H2,1-2H3. The van der Waals surface area contributed by atoms with Crippen molar-refractivity contribution in [2.24, 2.45) is 0 Å². The van der Waals surface area contributed by atoms with Crippen LogP contribution in [-0.2, 0) is 16.8 Å². The summed E-state index contributed by atoms with van der Waals surface area (Å²) >= 11 is 18.8. The lowest BCUT2D eigenvalue weighted by molar-refractivity contribution is -0.0242. The number of rotatable bonds is 1. The second-order valence-electron chi connectivity index (χ2n) is 6.71. The zero-order chi connectivity index (χ0) is 17.8. The van der Waals surface area contributed by atoms with E-state index in [1.807, 2.05) is 30.3 Å². The average Bonchev–Trinajstić information content (AvgIpc) is 2.55. The zero-order valence-corrected chi connectivity index (χ0v) is 16.0. The van der Waals surface area contributed by atoms with E-state index in [0.29, 0.717) is 16.8 Å². The van der Waals surface area contributed by atoms with Crippen LogP contribution in [0.25, 0.3) is 10.8 Å². The summed E-state index contributed by atoms with van der Waals surface area (Å²) in [7, 11) is 0. The topological polar surface area (TPSA) is 35.0 Å². The van der Waals surface area contributed by atoms with Gasteiger partial charge in [-0.2, -0.15) is 0 Å². The first-order chi connectivity index (χ1) is 11.9. The number of aromatic nitrogens is 2. The fourth-order valence-electron chi connectivity index (χ4n) is 3.61. The number of hydrogen-bond acceptors (Lipinski definition) is 3. The Bertz CT molecular complexity index is 983. The number of ether oxygens (including phenoxy) is 1. The van der Waals surface area contributed by atoms with Gasteiger partial charge in [0.1, 0.15) is 5.15 Å². The predicted molar refractivity (Wildman–Crippen MR) is 102 cm³/mol. The second-order valence-corrected chi connectivity index (χ2v) is 7.81. The minimum absolute atomic E-state index is 0.147. The average molecular weight is 394 g/mol. The molecular formula is C19H15Cl3N2O. The van der Waals surface area contributed by atoms with Crippen molar-refractivity contribution in [3.05, 3.63) is 68.7 Å². The van der Waals surface area contributed by atoms with E-state index in [1.54, 1.807) is 0 Å². The molecule has 1 aliphatic rings. The van der Waals surface area contributed by atoms with E-state index in [9.17, 15) is 0 Å². The molecule has 6 heteroatoms. The molecule has 2 heterocycles. The van der Waals surface area contributed by atoms with Crippen molar-refractivity contribution in [1.29, 1.82) is 0 Å². The summed E-state index contributed by atoms with van der Waals surface area (Å²) in [5.74, 6) is 0. The molecule has 4 rings (SSSR count). The summed E-state index contributed by atoms with van der Waals surface area (Å²) in [5.41, 5.74) is 2.19. The van der Waals surface area contributed by atoms with Crippen LogP contribution in [0, 0.1) is 0 Å². The molecule has 0 aliphatic carbocycles. The Morgan fingerprint density at radius 2 is 1.76 bits per heavy atom. The van der Waals surface area contributed by atoms with Gasteiger partial charge in [-0.25, -0.2) is 9.97 Å². The molecule has 0 N–H and O–H groups in total.